The maximum Gasteiger partial charge on any atom is 0.225 e. The van der Waals surface area contributed by atoms with E-state index in [1.54, 1.807) is 13.0 Å². The van der Waals surface area contributed by atoms with Crippen molar-refractivity contribution in [3.05, 3.63) is 77.3 Å². The summed E-state index contributed by atoms with van der Waals surface area (Å²) in [5.41, 5.74) is 5.36. The molecule has 6 nitrogen and oxygen atoms in total. The number of allylic oxidation sites excluding steroid dienone is 7. The standard InChI is InChI=1S/C26H38FN3O.C7H8N2.2C2H6/c1-8-21(22-13-11-12-14-23(22)27)25(24(9-2)28-10-3)20(7)30-16-15-29(17-19(30)6)26(31)18(4)5;1-3-7(9)4-6(2)5-8;2*1-2/h8,11-14,18-19H,9-10,15-17H2,1-7H3;3-4,9H,1H2,2H3;2*1-2H3/b21-8-,25-20+,28-24?;6-4+,9-7?;;/t19-;;;/m0.../s1. The Hall–Kier alpha value is -3.79. The fourth-order valence-corrected chi connectivity index (χ4v) is 4.72. The van der Waals surface area contributed by atoms with Gasteiger partial charge in [-0.25, -0.2) is 4.39 Å². The molecule has 1 aliphatic rings. The summed E-state index contributed by atoms with van der Waals surface area (Å²) in [6.07, 6.45) is 5.61. The first-order valence-electron chi connectivity index (χ1n) is 16.0. The zero-order valence-electron chi connectivity index (χ0n) is 29.5. The number of carbonyl (C=O) groups is 1. The summed E-state index contributed by atoms with van der Waals surface area (Å²) in [5.74, 6) is -0.0195. The van der Waals surface area contributed by atoms with Gasteiger partial charge >= 0.3 is 0 Å². The summed E-state index contributed by atoms with van der Waals surface area (Å²) >= 11 is 0. The molecule has 1 aromatic rings. The van der Waals surface area contributed by atoms with Gasteiger partial charge in [-0.1, -0.05) is 79.3 Å². The topological polar surface area (TPSA) is 83.5 Å². The normalized spacial score (nSPS) is 15.8. The van der Waals surface area contributed by atoms with Crippen LogP contribution in [-0.2, 0) is 4.79 Å². The van der Waals surface area contributed by atoms with Crippen molar-refractivity contribution in [2.24, 2.45) is 10.9 Å². The quantitative estimate of drug-likeness (QED) is 0.172. The number of nitriles is 1. The monoisotopic (exact) mass is 607 g/mol. The first kappa shape index (κ1) is 42.3. The molecule has 44 heavy (non-hydrogen) atoms. The van der Waals surface area contributed by atoms with Crippen LogP contribution in [0.2, 0.25) is 0 Å². The van der Waals surface area contributed by atoms with Crippen LogP contribution in [0.25, 0.3) is 5.57 Å². The van der Waals surface area contributed by atoms with Crippen molar-refractivity contribution in [2.45, 2.75) is 95.5 Å². The van der Waals surface area contributed by atoms with E-state index in [1.807, 2.05) is 84.6 Å². The van der Waals surface area contributed by atoms with E-state index < -0.39 is 0 Å². The minimum absolute atomic E-state index is 0.00464. The molecule has 0 spiro atoms. The first-order valence-corrected chi connectivity index (χ1v) is 16.0. The summed E-state index contributed by atoms with van der Waals surface area (Å²) in [7, 11) is 0. The highest BCUT2D eigenvalue weighted by molar-refractivity contribution is 6.13. The Morgan fingerprint density at radius 3 is 2.20 bits per heavy atom. The number of rotatable bonds is 9. The molecule has 1 fully saturated rings. The average Bonchev–Trinajstić information content (AvgIpc) is 3.04. The lowest BCUT2D eigenvalue weighted by Gasteiger charge is -2.43. The van der Waals surface area contributed by atoms with Crippen LogP contribution in [0.15, 0.2) is 70.9 Å². The largest absolute Gasteiger partial charge is 0.368 e. The number of nitrogens with one attached hydrogen (secondary N) is 1. The number of nitrogens with zero attached hydrogens (tertiary/aromatic N) is 4. The highest BCUT2D eigenvalue weighted by Crippen LogP contribution is 2.32. The van der Waals surface area contributed by atoms with E-state index in [2.05, 4.69) is 32.3 Å². The van der Waals surface area contributed by atoms with Gasteiger partial charge in [-0.05, 0) is 64.8 Å². The fourth-order valence-electron chi connectivity index (χ4n) is 4.72. The number of amides is 1. The van der Waals surface area contributed by atoms with E-state index >= 15 is 0 Å². The molecule has 1 amide bonds. The zero-order chi connectivity index (χ0) is 34.4. The third kappa shape index (κ3) is 13.2. The molecule has 2 rings (SSSR count). The van der Waals surface area contributed by atoms with Gasteiger partial charge in [0.05, 0.1) is 11.8 Å². The van der Waals surface area contributed by atoms with E-state index in [1.165, 1.54) is 18.2 Å². The van der Waals surface area contributed by atoms with Gasteiger partial charge in [0, 0.05) is 66.3 Å². The lowest BCUT2D eigenvalue weighted by molar-refractivity contribution is -0.136. The van der Waals surface area contributed by atoms with Crippen molar-refractivity contribution >= 4 is 22.9 Å². The fraction of sp³-hybridized carbons (Fsp3) is 0.514. The molecule has 1 aliphatic heterocycles. The third-order valence-electron chi connectivity index (χ3n) is 6.69. The average molecular weight is 608 g/mol. The van der Waals surface area contributed by atoms with Gasteiger partial charge in [-0.2, -0.15) is 5.26 Å². The molecular formula is C37H58FN5O. The maximum atomic E-state index is 14.8. The van der Waals surface area contributed by atoms with Gasteiger partial charge < -0.3 is 15.2 Å². The number of hydrogen-bond acceptors (Lipinski definition) is 5. The number of halogens is 1. The van der Waals surface area contributed by atoms with E-state index in [0.717, 1.165) is 35.5 Å². The lowest BCUT2D eigenvalue weighted by Crippen LogP contribution is -2.54. The van der Waals surface area contributed by atoms with Crippen LogP contribution in [0.4, 0.5) is 4.39 Å². The van der Waals surface area contributed by atoms with Crippen molar-refractivity contribution in [3.8, 4) is 6.07 Å². The Bertz CT molecular complexity index is 1220. The molecule has 0 aliphatic carbocycles. The van der Waals surface area contributed by atoms with Crippen LogP contribution < -0.4 is 0 Å². The van der Waals surface area contributed by atoms with Crippen molar-refractivity contribution in [2.75, 3.05) is 26.2 Å². The third-order valence-corrected chi connectivity index (χ3v) is 6.69. The van der Waals surface area contributed by atoms with Gasteiger partial charge in [0.15, 0.2) is 0 Å². The zero-order valence-corrected chi connectivity index (χ0v) is 29.5. The number of aliphatic imine (C=N–C) groups is 1. The highest BCUT2D eigenvalue weighted by atomic mass is 19.1. The van der Waals surface area contributed by atoms with Crippen molar-refractivity contribution < 1.29 is 9.18 Å². The maximum absolute atomic E-state index is 14.8. The molecular weight excluding hydrogens is 549 g/mol. The van der Waals surface area contributed by atoms with E-state index in [4.69, 9.17) is 15.7 Å². The second-order valence-corrected chi connectivity index (χ2v) is 10.00. The van der Waals surface area contributed by atoms with Crippen molar-refractivity contribution in [3.63, 3.8) is 0 Å². The van der Waals surface area contributed by atoms with Gasteiger partial charge in [-0.3, -0.25) is 9.79 Å². The molecule has 0 aromatic heterocycles. The van der Waals surface area contributed by atoms with Gasteiger partial charge in [-0.15, -0.1) is 0 Å². The predicted molar refractivity (Wildman–Crippen MR) is 189 cm³/mol. The summed E-state index contributed by atoms with van der Waals surface area (Å²) in [6.45, 7) is 30.1. The number of piperazine rings is 1. The second kappa shape index (κ2) is 23.6. The second-order valence-electron chi connectivity index (χ2n) is 10.00. The molecule has 0 bridgehead atoms. The Labute approximate surface area is 268 Å². The predicted octanol–water partition coefficient (Wildman–Crippen LogP) is 9.28. The Balaban J connectivity index is 0. The van der Waals surface area contributed by atoms with Crippen molar-refractivity contribution in [1.82, 2.24) is 9.80 Å². The smallest absolute Gasteiger partial charge is 0.225 e. The van der Waals surface area contributed by atoms with Crippen LogP contribution in [0.3, 0.4) is 0 Å². The number of hydrogen-bond donors (Lipinski definition) is 1. The summed E-state index contributed by atoms with van der Waals surface area (Å²) in [6, 6.07) is 9.00. The SMILES string of the molecule is C/C=C(\C(C(CC)=NCC)=C(\C)N1CCN(C(=O)C(C)C)C[C@@H]1C)c1ccccc1F.C=CC(=N)/C=C(\C)C#N.CC.CC. The summed E-state index contributed by atoms with van der Waals surface area (Å²) in [5, 5.41) is 15.3. The van der Waals surface area contributed by atoms with Crippen LogP contribution in [0.5, 0.6) is 0 Å². The first-order chi connectivity index (χ1) is 21.0. The highest BCUT2D eigenvalue weighted by Gasteiger charge is 2.30. The van der Waals surface area contributed by atoms with Gasteiger partial charge in [0.25, 0.3) is 0 Å². The van der Waals surface area contributed by atoms with Gasteiger partial charge in [0.2, 0.25) is 5.91 Å². The Kier molecular flexibility index (Phi) is 22.7. The molecule has 1 saturated heterocycles. The summed E-state index contributed by atoms with van der Waals surface area (Å²) in [4.78, 5) is 21.6. The van der Waals surface area contributed by atoms with E-state index in [0.29, 0.717) is 30.8 Å². The molecule has 1 aromatic carbocycles. The molecule has 1 heterocycles. The molecule has 0 unspecified atom stereocenters. The van der Waals surface area contributed by atoms with Crippen LogP contribution in [0.1, 0.15) is 95.1 Å². The van der Waals surface area contributed by atoms with Crippen LogP contribution >= 0.6 is 0 Å². The minimum Gasteiger partial charge on any atom is -0.368 e. The van der Waals surface area contributed by atoms with Gasteiger partial charge in [0.1, 0.15) is 5.82 Å². The van der Waals surface area contributed by atoms with E-state index in [9.17, 15) is 9.18 Å². The molecule has 244 valence electrons. The molecule has 1 N–H and O–H groups in total. The van der Waals surface area contributed by atoms with Crippen LogP contribution in [0, 0.1) is 28.5 Å². The van der Waals surface area contributed by atoms with E-state index in [-0.39, 0.29) is 29.4 Å². The van der Waals surface area contributed by atoms with Crippen LogP contribution in [-0.4, -0.2) is 59.4 Å². The molecule has 0 radical (unpaired) electrons. The molecule has 0 saturated carbocycles. The number of carbonyl (C=O) groups excluding carboxylic acids is 1. The molecule has 1 atom stereocenters. The lowest BCUT2D eigenvalue weighted by atomic mass is 9.90. The summed E-state index contributed by atoms with van der Waals surface area (Å²) < 4.78 is 14.8. The Morgan fingerprint density at radius 1 is 1.18 bits per heavy atom. The number of benzene rings is 1. The molecule has 7 heteroatoms. The van der Waals surface area contributed by atoms with Crippen molar-refractivity contribution in [1.29, 1.82) is 10.7 Å². The minimum atomic E-state index is -0.228. The Morgan fingerprint density at radius 2 is 1.77 bits per heavy atom.